The average molecular weight is 519 g/mol. The van der Waals surface area contributed by atoms with Gasteiger partial charge in [0.2, 0.25) is 5.88 Å². The minimum absolute atomic E-state index is 0.106. The Morgan fingerprint density at radius 3 is 2.63 bits per heavy atom. The number of rotatable bonds is 5. The molecule has 1 aliphatic heterocycles. The van der Waals surface area contributed by atoms with Gasteiger partial charge in [0.25, 0.3) is 5.91 Å². The molecule has 1 aliphatic carbocycles. The molecule has 0 bridgehead atoms. The van der Waals surface area contributed by atoms with E-state index in [2.05, 4.69) is 22.1 Å². The Bertz CT molecular complexity index is 1170. The number of aliphatic hydroxyl groups excluding tert-OH is 1. The van der Waals surface area contributed by atoms with E-state index in [1.165, 1.54) is 6.42 Å². The molecular weight excluding hydrogens is 480 g/mol. The van der Waals surface area contributed by atoms with Gasteiger partial charge in [0.15, 0.2) is 0 Å². The highest BCUT2D eigenvalue weighted by Crippen LogP contribution is 2.27. The van der Waals surface area contributed by atoms with Gasteiger partial charge >= 0.3 is 6.03 Å². The molecule has 38 heavy (non-hydrogen) atoms. The van der Waals surface area contributed by atoms with Gasteiger partial charge in [-0.1, -0.05) is 56.2 Å². The van der Waals surface area contributed by atoms with Gasteiger partial charge < -0.3 is 25.0 Å². The number of carbonyl (C=O) groups is 2. The van der Waals surface area contributed by atoms with E-state index in [1.54, 1.807) is 29.1 Å². The second-order valence-corrected chi connectivity index (χ2v) is 10.5. The number of urea groups is 1. The van der Waals surface area contributed by atoms with E-state index in [9.17, 15) is 14.7 Å². The summed E-state index contributed by atoms with van der Waals surface area (Å²) < 4.78 is 6.32. The summed E-state index contributed by atoms with van der Waals surface area (Å²) in [5.41, 5.74) is 1.76. The molecule has 2 N–H and O–H groups in total. The summed E-state index contributed by atoms with van der Waals surface area (Å²) in [5.74, 6) is 6.03. The van der Waals surface area contributed by atoms with Crippen LogP contribution in [-0.4, -0.2) is 76.8 Å². The van der Waals surface area contributed by atoms with Gasteiger partial charge in [-0.3, -0.25) is 4.79 Å². The Morgan fingerprint density at radius 2 is 1.92 bits per heavy atom. The molecule has 0 saturated heterocycles. The van der Waals surface area contributed by atoms with Crippen LogP contribution in [0.4, 0.5) is 4.79 Å². The van der Waals surface area contributed by atoms with Gasteiger partial charge in [-0.2, -0.15) is 0 Å². The van der Waals surface area contributed by atoms with Crippen molar-refractivity contribution in [2.75, 3.05) is 26.7 Å². The molecule has 3 amide bonds. The Hall–Kier alpha value is -3.57. The molecule has 4 rings (SSSR count). The quantitative estimate of drug-likeness (QED) is 0.589. The lowest BCUT2D eigenvalue weighted by Crippen LogP contribution is -2.52. The molecule has 2 aromatic rings. The molecule has 2 aliphatic rings. The Labute approximate surface area is 225 Å². The number of aromatic nitrogens is 1. The monoisotopic (exact) mass is 518 g/mol. The van der Waals surface area contributed by atoms with E-state index >= 15 is 0 Å². The number of likely N-dealkylation sites (N-methyl/N-ethyl adjacent to an activating group) is 1. The van der Waals surface area contributed by atoms with Crippen LogP contribution in [0, 0.1) is 17.8 Å². The lowest BCUT2D eigenvalue weighted by Gasteiger charge is -2.38. The predicted octanol–water partition coefficient (Wildman–Crippen LogP) is 3.68. The molecule has 202 valence electrons. The Kier molecular flexibility index (Phi) is 9.24. The van der Waals surface area contributed by atoms with Crippen molar-refractivity contribution in [2.24, 2.45) is 5.92 Å². The first kappa shape index (κ1) is 27.5. The fourth-order valence-corrected chi connectivity index (χ4v) is 4.94. The summed E-state index contributed by atoms with van der Waals surface area (Å²) >= 11 is 0. The average Bonchev–Trinajstić information content (AvgIpc) is 2.94. The third-order valence-electron chi connectivity index (χ3n) is 7.38. The van der Waals surface area contributed by atoms with Gasteiger partial charge in [-0.05, 0) is 38.0 Å². The van der Waals surface area contributed by atoms with E-state index in [0.717, 1.165) is 31.2 Å². The molecule has 0 spiro atoms. The number of fused-ring (bicyclic) bond motifs is 1. The van der Waals surface area contributed by atoms with Gasteiger partial charge in [0.05, 0.1) is 19.2 Å². The summed E-state index contributed by atoms with van der Waals surface area (Å²) in [4.78, 5) is 34.3. The zero-order valence-electron chi connectivity index (χ0n) is 22.5. The van der Waals surface area contributed by atoms with Crippen molar-refractivity contribution in [3.63, 3.8) is 0 Å². The number of carbonyl (C=O) groups excluding carboxylic acids is 2. The summed E-state index contributed by atoms with van der Waals surface area (Å²) in [5, 5.41) is 13.0. The van der Waals surface area contributed by atoms with Crippen molar-refractivity contribution >= 4 is 11.9 Å². The highest BCUT2D eigenvalue weighted by molar-refractivity contribution is 5.97. The van der Waals surface area contributed by atoms with Crippen LogP contribution in [0.25, 0.3) is 0 Å². The fraction of sp³-hybridized carbons (Fsp3) is 0.500. The SMILES string of the molecule is C[C@H](CO)N1C[C@H](C)[C@H](CN(C)C(=O)NC2CCCCC2)Oc2ncc(C#Cc3ccccc3)cc2C1=O. The number of amides is 3. The van der Waals surface area contributed by atoms with Crippen molar-refractivity contribution in [3.8, 4) is 17.7 Å². The van der Waals surface area contributed by atoms with Crippen LogP contribution >= 0.6 is 0 Å². The Morgan fingerprint density at radius 1 is 1.21 bits per heavy atom. The second-order valence-electron chi connectivity index (χ2n) is 10.5. The van der Waals surface area contributed by atoms with Gasteiger partial charge in [-0.25, -0.2) is 9.78 Å². The highest BCUT2D eigenvalue weighted by atomic mass is 16.5. The summed E-state index contributed by atoms with van der Waals surface area (Å²) in [7, 11) is 1.77. The molecule has 0 unspecified atom stereocenters. The number of pyridine rings is 1. The maximum Gasteiger partial charge on any atom is 0.317 e. The normalized spacial score (nSPS) is 20.6. The number of nitrogens with zero attached hydrogens (tertiary/aromatic N) is 3. The maximum atomic E-state index is 13.6. The van der Waals surface area contributed by atoms with Crippen molar-refractivity contribution in [2.45, 2.75) is 64.1 Å². The Balaban J connectivity index is 1.58. The summed E-state index contributed by atoms with van der Waals surface area (Å²) in [6.45, 7) is 4.36. The van der Waals surface area contributed by atoms with Crippen LogP contribution in [0.1, 0.15) is 67.4 Å². The smallest absolute Gasteiger partial charge is 0.317 e. The van der Waals surface area contributed by atoms with Crippen LogP contribution in [0.2, 0.25) is 0 Å². The standard InChI is InChI=1S/C30H38N4O4/c1-21-18-34(22(2)20-35)29(36)26-16-24(15-14-23-10-6-4-7-11-23)17-31-28(26)38-27(21)19-33(3)30(37)32-25-12-8-5-9-13-25/h4,6-7,10-11,16-17,21-22,25,27,35H,5,8-9,12-13,18-20H2,1-3H3,(H,32,37)/t21-,22+,27-/m0/s1. The molecule has 1 fully saturated rings. The third kappa shape index (κ3) is 6.84. The van der Waals surface area contributed by atoms with Crippen LogP contribution in [0.3, 0.4) is 0 Å². The molecule has 2 heterocycles. The zero-order valence-corrected chi connectivity index (χ0v) is 22.5. The number of hydrogen-bond acceptors (Lipinski definition) is 5. The van der Waals surface area contributed by atoms with Crippen molar-refractivity contribution in [1.29, 1.82) is 0 Å². The van der Waals surface area contributed by atoms with Gasteiger partial charge in [0, 0.05) is 42.9 Å². The van der Waals surface area contributed by atoms with Crippen LogP contribution in [0.15, 0.2) is 42.6 Å². The molecule has 8 nitrogen and oxygen atoms in total. The van der Waals surface area contributed by atoms with Crippen LogP contribution < -0.4 is 10.1 Å². The van der Waals surface area contributed by atoms with Crippen molar-refractivity contribution in [1.82, 2.24) is 20.1 Å². The van der Waals surface area contributed by atoms with E-state index < -0.39 is 6.10 Å². The molecule has 0 radical (unpaired) electrons. The maximum absolute atomic E-state index is 13.6. The minimum Gasteiger partial charge on any atom is -0.472 e. The number of hydrogen-bond donors (Lipinski definition) is 2. The summed E-state index contributed by atoms with van der Waals surface area (Å²) in [6, 6.07) is 11.0. The van der Waals surface area contributed by atoms with Gasteiger partial charge in [-0.15, -0.1) is 0 Å². The number of benzene rings is 1. The lowest BCUT2D eigenvalue weighted by molar-refractivity contribution is 0.0351. The number of ether oxygens (including phenoxy) is 1. The molecular formula is C30H38N4O4. The molecule has 1 aromatic carbocycles. The predicted molar refractivity (Wildman–Crippen MR) is 146 cm³/mol. The lowest BCUT2D eigenvalue weighted by atomic mass is 9.96. The van der Waals surface area contributed by atoms with Crippen LogP contribution in [0.5, 0.6) is 5.88 Å². The van der Waals surface area contributed by atoms with E-state index in [0.29, 0.717) is 24.2 Å². The fourth-order valence-electron chi connectivity index (χ4n) is 4.94. The first-order valence-electron chi connectivity index (χ1n) is 13.5. The third-order valence-corrected chi connectivity index (χ3v) is 7.38. The first-order chi connectivity index (χ1) is 18.4. The molecule has 8 heteroatoms. The molecule has 1 saturated carbocycles. The van der Waals surface area contributed by atoms with E-state index in [4.69, 9.17) is 4.74 Å². The topological polar surface area (TPSA) is 95.0 Å². The molecule has 1 aromatic heterocycles. The first-order valence-corrected chi connectivity index (χ1v) is 13.5. The van der Waals surface area contributed by atoms with E-state index in [1.807, 2.05) is 44.2 Å². The largest absolute Gasteiger partial charge is 0.472 e. The molecule has 3 atom stereocenters. The van der Waals surface area contributed by atoms with E-state index in [-0.39, 0.29) is 42.4 Å². The zero-order chi connectivity index (χ0) is 27.1. The van der Waals surface area contributed by atoms with Crippen molar-refractivity contribution < 1.29 is 19.4 Å². The van der Waals surface area contributed by atoms with Crippen LogP contribution in [-0.2, 0) is 0 Å². The van der Waals surface area contributed by atoms with Gasteiger partial charge in [0.1, 0.15) is 11.7 Å². The number of aliphatic hydroxyl groups is 1. The number of nitrogens with one attached hydrogen (secondary N) is 1. The highest BCUT2D eigenvalue weighted by Gasteiger charge is 2.35. The van der Waals surface area contributed by atoms with Crippen molar-refractivity contribution in [3.05, 3.63) is 59.3 Å². The minimum atomic E-state index is -0.397. The second kappa shape index (κ2) is 12.8. The summed E-state index contributed by atoms with van der Waals surface area (Å²) in [6.07, 6.45) is 6.74.